The van der Waals surface area contributed by atoms with Gasteiger partial charge in [0.05, 0.1) is 12.0 Å². The van der Waals surface area contributed by atoms with E-state index in [-0.39, 0.29) is 47.3 Å². The molecule has 40 heavy (non-hydrogen) atoms. The maximum absolute atomic E-state index is 13.9. The third-order valence-electron chi connectivity index (χ3n) is 10.1. The highest BCUT2D eigenvalue weighted by molar-refractivity contribution is 5.77. The summed E-state index contributed by atoms with van der Waals surface area (Å²) in [4.78, 5) is 29.5. The van der Waals surface area contributed by atoms with E-state index in [2.05, 4.69) is 43.0 Å². The van der Waals surface area contributed by atoms with E-state index < -0.39 is 17.1 Å². The molecule has 3 saturated carbocycles. The van der Waals surface area contributed by atoms with Gasteiger partial charge in [0, 0.05) is 38.1 Å². The lowest BCUT2D eigenvalue weighted by Crippen LogP contribution is -2.53. The summed E-state index contributed by atoms with van der Waals surface area (Å²) in [6.45, 7) is 17.9. The summed E-state index contributed by atoms with van der Waals surface area (Å²) < 4.78 is 17.9. The van der Waals surface area contributed by atoms with Crippen LogP contribution < -0.4 is 0 Å². The Kier molecular flexibility index (Phi) is 8.84. The van der Waals surface area contributed by atoms with Crippen molar-refractivity contribution in [3.63, 3.8) is 0 Å². The van der Waals surface area contributed by atoms with Gasteiger partial charge in [0.15, 0.2) is 0 Å². The minimum absolute atomic E-state index is 0.0168. The molecule has 0 aliphatic heterocycles. The lowest BCUT2D eigenvalue weighted by Gasteiger charge is -2.47. The van der Waals surface area contributed by atoms with Gasteiger partial charge < -0.3 is 14.2 Å². The van der Waals surface area contributed by atoms with E-state index in [1.54, 1.807) is 0 Å². The lowest BCUT2D eigenvalue weighted by atomic mass is 9.67. The highest BCUT2D eigenvalue weighted by Gasteiger charge is 2.65. The molecule has 2 bridgehead atoms. The third kappa shape index (κ3) is 6.43. The molecule has 1 aromatic rings. The molecule has 0 radical (unpaired) electrons. The van der Waals surface area contributed by atoms with Crippen LogP contribution in [0.5, 0.6) is 0 Å². The number of methoxy groups -OCH3 is 1. The summed E-state index contributed by atoms with van der Waals surface area (Å²) in [7, 11) is 1.86. The summed E-state index contributed by atoms with van der Waals surface area (Å²) in [5.74, 6) is -0.292. The smallest absolute Gasteiger partial charge is 0.311 e. The third-order valence-corrected chi connectivity index (χ3v) is 10.1. The molecule has 6 atom stereocenters. The number of carbonyl (C=O) groups excluding carboxylic acids is 2. The van der Waals surface area contributed by atoms with Gasteiger partial charge in [0.2, 0.25) is 0 Å². The average Bonchev–Trinajstić information content (AvgIpc) is 3.41. The lowest BCUT2D eigenvalue weighted by molar-refractivity contribution is -0.166. The molecular weight excluding hydrogens is 502 g/mol. The van der Waals surface area contributed by atoms with Crippen molar-refractivity contribution in [2.24, 2.45) is 28.6 Å². The molecule has 0 aromatic heterocycles. The first kappa shape index (κ1) is 31.0. The number of hydrogen-bond donors (Lipinski definition) is 0. The van der Waals surface area contributed by atoms with Crippen LogP contribution in [0.3, 0.4) is 0 Å². The van der Waals surface area contributed by atoms with Crippen molar-refractivity contribution in [2.45, 2.75) is 124 Å². The zero-order valence-electron chi connectivity index (χ0n) is 26.4. The molecule has 3 aliphatic carbocycles. The summed E-state index contributed by atoms with van der Waals surface area (Å²) in [6.07, 6.45) is 5.56. The number of benzene rings is 1. The first-order chi connectivity index (χ1) is 18.6. The summed E-state index contributed by atoms with van der Waals surface area (Å²) in [5.41, 5.74) is 0.243. The SMILES string of the molecule is CO[C@@H]1C[C@H]2CC[C@]1(CN(Cc1ccccc1)[C@@H]1CC[C@H](CC(=O)OC(C)(C)C)[C@H]1C(=O)OC(C)(C)C)C2(C)C. The van der Waals surface area contributed by atoms with Crippen LogP contribution in [0.1, 0.15) is 99.5 Å². The van der Waals surface area contributed by atoms with Gasteiger partial charge in [-0.3, -0.25) is 14.5 Å². The predicted molar refractivity (Wildman–Crippen MR) is 158 cm³/mol. The second kappa shape index (κ2) is 11.4. The Hall–Kier alpha value is -1.92. The van der Waals surface area contributed by atoms with Gasteiger partial charge in [-0.1, -0.05) is 44.2 Å². The topological polar surface area (TPSA) is 65.1 Å². The predicted octanol–water partition coefficient (Wildman–Crippen LogP) is 6.80. The highest BCUT2D eigenvalue weighted by Crippen LogP contribution is 2.67. The summed E-state index contributed by atoms with van der Waals surface area (Å²) >= 11 is 0. The Morgan fingerprint density at radius 2 is 1.60 bits per heavy atom. The van der Waals surface area contributed by atoms with Gasteiger partial charge >= 0.3 is 11.9 Å². The van der Waals surface area contributed by atoms with Crippen molar-refractivity contribution < 1.29 is 23.8 Å². The molecular formula is C34H53NO5. The van der Waals surface area contributed by atoms with Crippen molar-refractivity contribution in [2.75, 3.05) is 13.7 Å². The van der Waals surface area contributed by atoms with Gasteiger partial charge in [0.25, 0.3) is 0 Å². The van der Waals surface area contributed by atoms with Gasteiger partial charge in [-0.15, -0.1) is 0 Å². The van der Waals surface area contributed by atoms with Gasteiger partial charge in [-0.05, 0) is 96.5 Å². The number of esters is 2. The number of hydrogen-bond acceptors (Lipinski definition) is 6. The standard InChI is InChI=1S/C34H53NO5/c1-31(2,3)39-28(36)19-24-15-16-26(29(24)30(37)40-32(4,5)6)35(21-23-13-11-10-12-14-23)22-34-18-17-25(33(34,7)8)20-27(34)38-9/h10-14,24-27,29H,15-22H2,1-9H3/t24-,25-,26-,27-,29-,34-/m1/s1. The van der Waals surface area contributed by atoms with E-state index in [0.29, 0.717) is 5.92 Å². The second-order valence-electron chi connectivity index (χ2n) is 15.2. The fourth-order valence-corrected chi connectivity index (χ4v) is 8.18. The van der Waals surface area contributed by atoms with E-state index in [9.17, 15) is 9.59 Å². The molecule has 3 aliphatic rings. The van der Waals surface area contributed by atoms with Gasteiger partial charge in [-0.25, -0.2) is 0 Å². The van der Waals surface area contributed by atoms with Crippen molar-refractivity contribution >= 4 is 11.9 Å². The molecule has 3 fully saturated rings. The molecule has 0 saturated heterocycles. The summed E-state index contributed by atoms with van der Waals surface area (Å²) in [5, 5.41) is 0. The Bertz CT molecular complexity index is 1040. The van der Waals surface area contributed by atoms with Crippen molar-refractivity contribution in [3.8, 4) is 0 Å². The second-order valence-corrected chi connectivity index (χ2v) is 15.2. The van der Waals surface area contributed by atoms with Crippen molar-refractivity contribution in [1.82, 2.24) is 4.90 Å². The van der Waals surface area contributed by atoms with Crippen molar-refractivity contribution in [3.05, 3.63) is 35.9 Å². The van der Waals surface area contributed by atoms with E-state index in [1.807, 2.05) is 54.7 Å². The quantitative estimate of drug-likeness (QED) is 0.312. The number of rotatable bonds is 9. The number of carbonyl (C=O) groups is 2. The molecule has 0 amide bonds. The van der Waals surface area contributed by atoms with Crippen LogP contribution in [0, 0.1) is 28.6 Å². The zero-order valence-corrected chi connectivity index (χ0v) is 26.4. The molecule has 0 unspecified atom stereocenters. The van der Waals surface area contributed by atoms with Crippen LogP contribution in [-0.4, -0.2) is 53.8 Å². The monoisotopic (exact) mass is 555 g/mol. The van der Waals surface area contributed by atoms with Crippen LogP contribution in [0.15, 0.2) is 30.3 Å². The Morgan fingerprint density at radius 1 is 0.950 bits per heavy atom. The Morgan fingerprint density at radius 3 is 2.17 bits per heavy atom. The zero-order chi connectivity index (χ0) is 29.5. The average molecular weight is 556 g/mol. The highest BCUT2D eigenvalue weighted by atomic mass is 16.6. The Balaban J connectivity index is 1.69. The molecule has 224 valence electrons. The number of nitrogens with zero attached hydrogens (tertiary/aromatic N) is 1. The van der Waals surface area contributed by atoms with E-state index in [4.69, 9.17) is 14.2 Å². The van der Waals surface area contributed by atoms with E-state index >= 15 is 0 Å². The maximum Gasteiger partial charge on any atom is 0.311 e. The van der Waals surface area contributed by atoms with Crippen molar-refractivity contribution in [1.29, 1.82) is 0 Å². The fraction of sp³-hybridized carbons (Fsp3) is 0.765. The summed E-state index contributed by atoms with van der Waals surface area (Å²) in [6, 6.07) is 10.5. The largest absolute Gasteiger partial charge is 0.460 e. The molecule has 6 nitrogen and oxygen atoms in total. The molecule has 1 aromatic carbocycles. The molecule has 0 spiro atoms. The van der Waals surface area contributed by atoms with Crippen LogP contribution in [-0.2, 0) is 30.3 Å². The number of fused-ring (bicyclic) bond motifs is 2. The fourth-order valence-electron chi connectivity index (χ4n) is 8.18. The van der Waals surface area contributed by atoms with E-state index in [0.717, 1.165) is 38.8 Å². The van der Waals surface area contributed by atoms with E-state index in [1.165, 1.54) is 12.0 Å². The van der Waals surface area contributed by atoms with Crippen LogP contribution in [0.4, 0.5) is 0 Å². The van der Waals surface area contributed by atoms with Gasteiger partial charge in [-0.2, -0.15) is 0 Å². The minimum Gasteiger partial charge on any atom is -0.460 e. The van der Waals surface area contributed by atoms with Crippen LogP contribution >= 0.6 is 0 Å². The molecule has 4 rings (SSSR count). The molecule has 0 N–H and O–H groups in total. The normalized spacial score (nSPS) is 31.5. The molecule has 0 heterocycles. The van der Waals surface area contributed by atoms with Crippen LogP contribution in [0.25, 0.3) is 0 Å². The Labute approximate surface area is 242 Å². The maximum atomic E-state index is 13.9. The molecule has 6 heteroatoms. The first-order valence-corrected chi connectivity index (χ1v) is 15.3. The van der Waals surface area contributed by atoms with Gasteiger partial charge in [0.1, 0.15) is 11.2 Å². The first-order valence-electron chi connectivity index (χ1n) is 15.3. The van der Waals surface area contributed by atoms with Crippen LogP contribution in [0.2, 0.25) is 0 Å². The number of ether oxygens (including phenoxy) is 3. The minimum atomic E-state index is -0.600.